The van der Waals surface area contributed by atoms with Crippen LogP contribution in [0, 0.1) is 13.8 Å². The molecule has 1 saturated carbocycles. The maximum absolute atomic E-state index is 9.38. The summed E-state index contributed by atoms with van der Waals surface area (Å²) < 4.78 is 5.33. The standard InChI is InChI=1S/C13H19NO2/c1-8-4-10(5-9(2)12(8)16-3)13(14)6-11(15)7-13/h4-5,11,15H,6-7,14H2,1-3H3. The monoisotopic (exact) mass is 221 g/mol. The van der Waals surface area contributed by atoms with Crippen LogP contribution < -0.4 is 10.5 Å². The van der Waals surface area contributed by atoms with Gasteiger partial charge in [-0.2, -0.15) is 0 Å². The number of aliphatic hydroxyl groups is 1. The molecule has 0 aromatic heterocycles. The number of benzene rings is 1. The average Bonchev–Trinajstić information content (AvgIpc) is 2.15. The Bertz CT molecular complexity index is 385. The molecule has 0 heterocycles. The number of hydrogen-bond acceptors (Lipinski definition) is 3. The molecule has 88 valence electrons. The van der Waals surface area contributed by atoms with Crippen LogP contribution in [-0.2, 0) is 5.54 Å². The van der Waals surface area contributed by atoms with Gasteiger partial charge in [0.2, 0.25) is 0 Å². The highest BCUT2D eigenvalue weighted by Crippen LogP contribution is 2.41. The number of aryl methyl sites for hydroxylation is 2. The van der Waals surface area contributed by atoms with Crippen LogP contribution in [0.4, 0.5) is 0 Å². The van der Waals surface area contributed by atoms with Crippen LogP contribution in [0.2, 0.25) is 0 Å². The molecule has 0 unspecified atom stereocenters. The number of hydrogen-bond donors (Lipinski definition) is 2. The zero-order valence-corrected chi connectivity index (χ0v) is 10.1. The summed E-state index contributed by atoms with van der Waals surface area (Å²) in [6.45, 7) is 4.04. The van der Waals surface area contributed by atoms with Gasteiger partial charge >= 0.3 is 0 Å². The number of aliphatic hydroxyl groups excluding tert-OH is 1. The van der Waals surface area contributed by atoms with Gasteiger partial charge in [-0.25, -0.2) is 0 Å². The molecule has 3 N–H and O–H groups in total. The van der Waals surface area contributed by atoms with E-state index in [0.717, 1.165) is 22.4 Å². The van der Waals surface area contributed by atoms with Crippen molar-refractivity contribution in [1.82, 2.24) is 0 Å². The van der Waals surface area contributed by atoms with Gasteiger partial charge in [-0.3, -0.25) is 0 Å². The van der Waals surface area contributed by atoms with E-state index in [9.17, 15) is 5.11 Å². The van der Waals surface area contributed by atoms with Crippen LogP contribution >= 0.6 is 0 Å². The van der Waals surface area contributed by atoms with E-state index in [-0.39, 0.29) is 11.6 Å². The van der Waals surface area contributed by atoms with Gasteiger partial charge < -0.3 is 15.6 Å². The predicted octanol–water partition coefficient (Wildman–Crippen LogP) is 1.62. The fourth-order valence-electron chi connectivity index (χ4n) is 2.58. The Labute approximate surface area is 96.2 Å². The zero-order valence-electron chi connectivity index (χ0n) is 10.1. The molecule has 1 aromatic carbocycles. The van der Waals surface area contributed by atoms with Crippen LogP contribution in [-0.4, -0.2) is 18.3 Å². The van der Waals surface area contributed by atoms with E-state index in [2.05, 4.69) is 12.1 Å². The first kappa shape index (κ1) is 11.4. The molecule has 0 aliphatic heterocycles. The molecule has 2 rings (SSSR count). The van der Waals surface area contributed by atoms with Gasteiger partial charge in [0.25, 0.3) is 0 Å². The third-order valence-electron chi connectivity index (χ3n) is 3.44. The molecule has 16 heavy (non-hydrogen) atoms. The molecule has 0 amide bonds. The summed E-state index contributed by atoms with van der Waals surface area (Å²) >= 11 is 0. The summed E-state index contributed by atoms with van der Waals surface area (Å²) in [5, 5.41) is 9.38. The van der Waals surface area contributed by atoms with E-state index in [1.165, 1.54) is 0 Å². The van der Waals surface area contributed by atoms with Crippen molar-refractivity contribution < 1.29 is 9.84 Å². The minimum atomic E-state index is -0.346. The van der Waals surface area contributed by atoms with E-state index in [1.807, 2.05) is 13.8 Å². The molecule has 0 bridgehead atoms. The topological polar surface area (TPSA) is 55.5 Å². The lowest BCUT2D eigenvalue weighted by molar-refractivity contribution is 0.0209. The van der Waals surface area contributed by atoms with Crippen molar-refractivity contribution in [3.8, 4) is 5.75 Å². The van der Waals surface area contributed by atoms with E-state index < -0.39 is 0 Å². The smallest absolute Gasteiger partial charge is 0.124 e. The van der Waals surface area contributed by atoms with Crippen LogP contribution in [0.25, 0.3) is 0 Å². The van der Waals surface area contributed by atoms with Crippen molar-refractivity contribution in [2.24, 2.45) is 5.73 Å². The van der Waals surface area contributed by atoms with Gasteiger partial charge in [0.05, 0.1) is 13.2 Å². The van der Waals surface area contributed by atoms with Gasteiger partial charge in [-0.1, -0.05) is 12.1 Å². The molecule has 1 aliphatic carbocycles. The molecular weight excluding hydrogens is 202 g/mol. The number of rotatable bonds is 2. The van der Waals surface area contributed by atoms with E-state index in [1.54, 1.807) is 7.11 Å². The summed E-state index contributed by atoms with van der Waals surface area (Å²) in [5.41, 5.74) is 9.20. The van der Waals surface area contributed by atoms with E-state index in [4.69, 9.17) is 10.5 Å². The Morgan fingerprint density at radius 1 is 1.31 bits per heavy atom. The van der Waals surface area contributed by atoms with Crippen molar-refractivity contribution >= 4 is 0 Å². The zero-order chi connectivity index (χ0) is 11.9. The Morgan fingerprint density at radius 3 is 2.19 bits per heavy atom. The maximum atomic E-state index is 9.38. The Kier molecular flexibility index (Phi) is 2.68. The van der Waals surface area contributed by atoms with Crippen LogP contribution in [0.3, 0.4) is 0 Å². The highest BCUT2D eigenvalue weighted by atomic mass is 16.5. The molecular formula is C13H19NO2. The highest BCUT2D eigenvalue weighted by Gasteiger charge is 2.41. The van der Waals surface area contributed by atoms with Crippen molar-refractivity contribution in [1.29, 1.82) is 0 Å². The first-order valence-electron chi connectivity index (χ1n) is 5.59. The summed E-state index contributed by atoms with van der Waals surface area (Å²) in [6, 6.07) is 4.13. The largest absolute Gasteiger partial charge is 0.496 e. The van der Waals surface area contributed by atoms with Gasteiger partial charge in [-0.15, -0.1) is 0 Å². The molecule has 3 nitrogen and oxygen atoms in total. The quantitative estimate of drug-likeness (QED) is 0.798. The lowest BCUT2D eigenvalue weighted by atomic mass is 9.70. The SMILES string of the molecule is COc1c(C)cc(C2(N)CC(O)C2)cc1C. The minimum Gasteiger partial charge on any atom is -0.496 e. The van der Waals surface area contributed by atoms with E-state index >= 15 is 0 Å². The van der Waals surface area contributed by atoms with Crippen LogP contribution in [0.15, 0.2) is 12.1 Å². The molecule has 0 atom stereocenters. The summed E-state index contributed by atoms with van der Waals surface area (Å²) in [7, 11) is 1.68. The maximum Gasteiger partial charge on any atom is 0.124 e. The van der Waals surface area contributed by atoms with Gasteiger partial charge in [-0.05, 0) is 43.4 Å². The number of ether oxygens (including phenoxy) is 1. The molecule has 3 heteroatoms. The summed E-state index contributed by atoms with van der Waals surface area (Å²) in [5.74, 6) is 0.923. The van der Waals surface area contributed by atoms with Crippen molar-refractivity contribution in [3.63, 3.8) is 0 Å². The third kappa shape index (κ3) is 1.70. The van der Waals surface area contributed by atoms with E-state index in [0.29, 0.717) is 12.8 Å². The number of nitrogens with two attached hydrogens (primary N) is 1. The molecule has 0 spiro atoms. The average molecular weight is 221 g/mol. The minimum absolute atomic E-state index is 0.243. The van der Waals surface area contributed by atoms with Crippen LogP contribution in [0.1, 0.15) is 29.5 Å². The van der Waals surface area contributed by atoms with Gasteiger partial charge in [0, 0.05) is 5.54 Å². The summed E-state index contributed by atoms with van der Waals surface area (Å²) in [6.07, 6.45) is 1.06. The number of methoxy groups -OCH3 is 1. The Balaban J connectivity index is 2.37. The van der Waals surface area contributed by atoms with Crippen molar-refractivity contribution in [3.05, 3.63) is 28.8 Å². The Hall–Kier alpha value is -1.06. The van der Waals surface area contributed by atoms with Crippen LogP contribution in [0.5, 0.6) is 5.75 Å². The predicted molar refractivity (Wildman–Crippen MR) is 63.6 cm³/mol. The lowest BCUT2D eigenvalue weighted by Gasteiger charge is -2.43. The fraction of sp³-hybridized carbons (Fsp3) is 0.538. The second-order valence-corrected chi connectivity index (χ2v) is 4.86. The Morgan fingerprint density at radius 2 is 1.81 bits per heavy atom. The van der Waals surface area contributed by atoms with Crippen molar-refractivity contribution in [2.45, 2.75) is 38.3 Å². The molecule has 1 fully saturated rings. The summed E-state index contributed by atoms with van der Waals surface area (Å²) in [4.78, 5) is 0. The van der Waals surface area contributed by atoms with Crippen molar-refractivity contribution in [2.75, 3.05) is 7.11 Å². The first-order valence-corrected chi connectivity index (χ1v) is 5.59. The normalized spacial score (nSPS) is 28.7. The molecule has 1 aromatic rings. The van der Waals surface area contributed by atoms with Gasteiger partial charge in [0.1, 0.15) is 5.75 Å². The first-order chi connectivity index (χ1) is 7.46. The highest BCUT2D eigenvalue weighted by molar-refractivity contribution is 5.46. The van der Waals surface area contributed by atoms with Gasteiger partial charge in [0.15, 0.2) is 0 Å². The second kappa shape index (κ2) is 3.75. The molecule has 0 radical (unpaired) electrons. The lowest BCUT2D eigenvalue weighted by Crippen LogP contribution is -2.51. The molecule has 0 saturated heterocycles. The fourth-order valence-corrected chi connectivity index (χ4v) is 2.58. The third-order valence-corrected chi connectivity index (χ3v) is 3.44. The second-order valence-electron chi connectivity index (χ2n) is 4.86. The molecule has 1 aliphatic rings.